The van der Waals surface area contributed by atoms with Gasteiger partial charge in [0.05, 0.1) is 25.8 Å². The second kappa shape index (κ2) is 8.58. The predicted octanol–water partition coefficient (Wildman–Crippen LogP) is 1.70. The van der Waals surface area contributed by atoms with Crippen LogP contribution in [-0.2, 0) is 9.53 Å². The number of methoxy groups -OCH3 is 1. The van der Waals surface area contributed by atoms with Crippen molar-refractivity contribution >= 4 is 23.8 Å². The highest BCUT2D eigenvalue weighted by atomic mass is 32.2. The highest BCUT2D eigenvalue weighted by Crippen LogP contribution is 2.23. The number of esters is 1. The zero-order valence-electron chi connectivity index (χ0n) is 14.9. The van der Waals surface area contributed by atoms with Crippen molar-refractivity contribution in [3.63, 3.8) is 0 Å². The fourth-order valence-electron chi connectivity index (χ4n) is 2.39. The van der Waals surface area contributed by atoms with Crippen molar-refractivity contribution in [2.75, 3.05) is 26.0 Å². The summed E-state index contributed by atoms with van der Waals surface area (Å²) in [6.45, 7) is 2.13. The van der Waals surface area contributed by atoms with Crippen LogP contribution in [0.5, 0.6) is 5.75 Å². The standard InChI is InChI=1S/C17H19N5O4S/c1-3-26-15(23)12-8-18-16(24)19-13(12)9-27-17-20-14(21-22-17)10-4-6-11(25-2)7-5-10/h4-7H,3,8-9H2,1-2H3,(H2,18,19,24)(H,20,21,22). The van der Waals surface area contributed by atoms with Crippen LogP contribution in [0, 0.1) is 0 Å². The van der Waals surface area contributed by atoms with Gasteiger partial charge in [-0.05, 0) is 31.2 Å². The minimum atomic E-state index is -0.450. The molecule has 0 saturated heterocycles. The Morgan fingerprint density at radius 3 is 2.78 bits per heavy atom. The molecular weight excluding hydrogens is 370 g/mol. The van der Waals surface area contributed by atoms with Crippen LogP contribution in [0.15, 0.2) is 40.7 Å². The van der Waals surface area contributed by atoms with Crippen LogP contribution in [0.3, 0.4) is 0 Å². The molecule has 9 nitrogen and oxygen atoms in total. The first-order valence-corrected chi connectivity index (χ1v) is 9.23. The molecule has 10 heteroatoms. The van der Waals surface area contributed by atoms with Gasteiger partial charge in [0, 0.05) is 17.0 Å². The van der Waals surface area contributed by atoms with Crippen molar-refractivity contribution in [3.8, 4) is 17.1 Å². The molecule has 0 saturated carbocycles. The number of nitrogens with one attached hydrogen (secondary N) is 3. The molecule has 0 unspecified atom stereocenters. The van der Waals surface area contributed by atoms with E-state index in [0.29, 0.717) is 28.0 Å². The summed E-state index contributed by atoms with van der Waals surface area (Å²) in [5, 5.41) is 12.8. The van der Waals surface area contributed by atoms with Gasteiger partial charge in [-0.1, -0.05) is 11.8 Å². The zero-order valence-corrected chi connectivity index (χ0v) is 15.7. The van der Waals surface area contributed by atoms with Crippen LogP contribution in [0.2, 0.25) is 0 Å². The lowest BCUT2D eigenvalue weighted by Crippen LogP contribution is -2.44. The van der Waals surface area contributed by atoms with Crippen LogP contribution in [-0.4, -0.2) is 53.2 Å². The minimum Gasteiger partial charge on any atom is -0.497 e. The summed E-state index contributed by atoms with van der Waals surface area (Å²) in [6, 6.07) is 7.08. The van der Waals surface area contributed by atoms with E-state index in [2.05, 4.69) is 25.8 Å². The van der Waals surface area contributed by atoms with Crippen LogP contribution in [0.1, 0.15) is 6.92 Å². The Bertz CT molecular complexity index is 862. The van der Waals surface area contributed by atoms with Gasteiger partial charge in [0.15, 0.2) is 5.82 Å². The molecule has 1 aliphatic heterocycles. The van der Waals surface area contributed by atoms with Gasteiger partial charge in [-0.2, -0.15) is 0 Å². The Kier molecular flexibility index (Phi) is 5.97. The Morgan fingerprint density at radius 1 is 1.30 bits per heavy atom. The Balaban J connectivity index is 1.70. The molecule has 0 fully saturated rings. The first kappa shape index (κ1) is 18.8. The van der Waals surface area contributed by atoms with E-state index in [-0.39, 0.29) is 19.2 Å². The van der Waals surface area contributed by atoms with Gasteiger partial charge in [-0.15, -0.1) is 5.10 Å². The molecule has 0 aliphatic carbocycles. The van der Waals surface area contributed by atoms with Gasteiger partial charge in [-0.25, -0.2) is 14.6 Å². The Hall–Kier alpha value is -3.01. The van der Waals surface area contributed by atoms with E-state index in [9.17, 15) is 9.59 Å². The van der Waals surface area contributed by atoms with Crippen molar-refractivity contribution in [3.05, 3.63) is 35.5 Å². The third kappa shape index (κ3) is 4.59. The number of thioether (sulfide) groups is 1. The minimum absolute atomic E-state index is 0.131. The van der Waals surface area contributed by atoms with Gasteiger partial charge in [-0.3, -0.25) is 5.10 Å². The number of H-pyrrole nitrogens is 1. The van der Waals surface area contributed by atoms with Gasteiger partial charge < -0.3 is 20.1 Å². The average molecular weight is 389 g/mol. The number of carbonyl (C=O) groups excluding carboxylic acids is 2. The Labute approximate surface area is 159 Å². The molecular formula is C17H19N5O4S. The van der Waals surface area contributed by atoms with Crippen LogP contribution in [0.25, 0.3) is 11.4 Å². The van der Waals surface area contributed by atoms with Gasteiger partial charge >= 0.3 is 12.0 Å². The molecule has 2 amide bonds. The smallest absolute Gasteiger partial charge is 0.337 e. The van der Waals surface area contributed by atoms with Crippen LogP contribution in [0.4, 0.5) is 4.79 Å². The topological polar surface area (TPSA) is 118 Å². The van der Waals surface area contributed by atoms with Crippen LogP contribution < -0.4 is 15.4 Å². The third-order valence-corrected chi connectivity index (χ3v) is 4.62. The summed E-state index contributed by atoms with van der Waals surface area (Å²) in [5.74, 6) is 1.26. The third-order valence-electron chi connectivity index (χ3n) is 3.75. The maximum atomic E-state index is 12.0. The number of rotatable bonds is 7. The number of aromatic amines is 1. The average Bonchev–Trinajstić information content (AvgIpc) is 3.15. The number of benzene rings is 1. The zero-order chi connectivity index (χ0) is 19.2. The normalized spacial score (nSPS) is 13.8. The summed E-state index contributed by atoms with van der Waals surface area (Å²) in [5.41, 5.74) is 1.77. The van der Waals surface area contributed by atoms with Gasteiger partial charge in [0.1, 0.15) is 5.75 Å². The maximum absolute atomic E-state index is 12.0. The highest BCUT2D eigenvalue weighted by molar-refractivity contribution is 7.99. The van der Waals surface area contributed by atoms with E-state index in [4.69, 9.17) is 9.47 Å². The lowest BCUT2D eigenvalue weighted by molar-refractivity contribution is -0.138. The second-order valence-corrected chi connectivity index (χ2v) is 6.41. The van der Waals surface area contributed by atoms with E-state index in [1.165, 1.54) is 11.8 Å². The number of nitrogens with zero attached hydrogens (tertiary/aromatic N) is 2. The van der Waals surface area contributed by atoms with E-state index < -0.39 is 5.97 Å². The van der Waals surface area contributed by atoms with E-state index >= 15 is 0 Å². The molecule has 142 valence electrons. The maximum Gasteiger partial charge on any atom is 0.337 e. The van der Waals surface area contributed by atoms with Crippen molar-refractivity contribution in [1.82, 2.24) is 25.8 Å². The summed E-state index contributed by atoms with van der Waals surface area (Å²) >= 11 is 1.31. The van der Waals surface area contributed by atoms with Crippen molar-refractivity contribution in [1.29, 1.82) is 0 Å². The monoisotopic (exact) mass is 389 g/mol. The highest BCUT2D eigenvalue weighted by Gasteiger charge is 2.24. The Morgan fingerprint density at radius 2 is 2.07 bits per heavy atom. The number of hydrogen-bond acceptors (Lipinski definition) is 7. The van der Waals surface area contributed by atoms with Crippen molar-refractivity contribution in [2.45, 2.75) is 12.1 Å². The summed E-state index contributed by atoms with van der Waals surface area (Å²) in [4.78, 5) is 28.1. The molecule has 0 atom stereocenters. The lowest BCUT2D eigenvalue weighted by Gasteiger charge is -2.20. The first-order valence-electron chi connectivity index (χ1n) is 8.24. The van der Waals surface area contributed by atoms with E-state index in [1.54, 1.807) is 14.0 Å². The summed E-state index contributed by atoms with van der Waals surface area (Å²) in [6.07, 6.45) is 0. The van der Waals surface area contributed by atoms with Gasteiger partial charge in [0.25, 0.3) is 0 Å². The number of ether oxygens (including phenoxy) is 2. The fourth-order valence-corrected chi connectivity index (χ4v) is 3.18. The number of urea groups is 1. The lowest BCUT2D eigenvalue weighted by atomic mass is 10.2. The molecule has 2 heterocycles. The van der Waals surface area contributed by atoms with E-state index in [0.717, 1.165) is 11.3 Å². The molecule has 1 aliphatic rings. The molecule has 3 rings (SSSR count). The van der Waals surface area contributed by atoms with E-state index in [1.807, 2.05) is 24.3 Å². The predicted molar refractivity (Wildman–Crippen MR) is 99.3 cm³/mol. The number of carbonyl (C=O) groups is 2. The molecule has 27 heavy (non-hydrogen) atoms. The first-order chi connectivity index (χ1) is 13.1. The molecule has 3 N–H and O–H groups in total. The number of hydrogen-bond donors (Lipinski definition) is 3. The number of aromatic nitrogens is 3. The number of amides is 2. The molecule has 1 aromatic carbocycles. The summed E-state index contributed by atoms with van der Waals surface area (Å²) in [7, 11) is 1.61. The largest absolute Gasteiger partial charge is 0.497 e. The van der Waals surface area contributed by atoms with Crippen LogP contribution >= 0.6 is 11.8 Å². The summed E-state index contributed by atoms with van der Waals surface area (Å²) < 4.78 is 10.2. The van der Waals surface area contributed by atoms with Crippen molar-refractivity contribution < 1.29 is 19.1 Å². The van der Waals surface area contributed by atoms with Gasteiger partial charge in [0.2, 0.25) is 5.16 Å². The quantitative estimate of drug-likeness (QED) is 0.487. The van der Waals surface area contributed by atoms with Crippen molar-refractivity contribution in [2.24, 2.45) is 0 Å². The molecule has 2 aromatic rings. The second-order valence-electron chi connectivity index (χ2n) is 5.47. The fraction of sp³-hybridized carbons (Fsp3) is 0.294. The molecule has 0 bridgehead atoms. The molecule has 1 aromatic heterocycles. The molecule has 0 spiro atoms. The SMILES string of the molecule is CCOC(=O)C1=C(CSc2n[nH]c(-c3ccc(OC)cc3)n2)NC(=O)NC1. The molecule has 0 radical (unpaired) electrons.